The Morgan fingerprint density at radius 1 is 1.05 bits per heavy atom. The van der Waals surface area contributed by atoms with Crippen LogP contribution in [0.15, 0.2) is 79.1 Å². The molecule has 206 valence electrons. The highest BCUT2D eigenvalue weighted by molar-refractivity contribution is 6.10. The largest absolute Gasteiger partial charge is 0.321 e. The second-order valence-electron chi connectivity index (χ2n) is 11.1. The van der Waals surface area contributed by atoms with Crippen molar-refractivity contribution in [2.24, 2.45) is 7.05 Å². The van der Waals surface area contributed by atoms with E-state index in [2.05, 4.69) is 40.9 Å². The van der Waals surface area contributed by atoms with E-state index in [-0.39, 0.29) is 22.8 Å². The summed E-state index contributed by atoms with van der Waals surface area (Å²) >= 11 is 0. The van der Waals surface area contributed by atoms with E-state index in [4.69, 9.17) is 0 Å². The molecule has 1 amide bonds. The van der Waals surface area contributed by atoms with Gasteiger partial charge in [-0.1, -0.05) is 12.1 Å². The summed E-state index contributed by atoms with van der Waals surface area (Å²) in [5.41, 5.74) is 6.51. The number of pyridine rings is 1. The van der Waals surface area contributed by atoms with Crippen molar-refractivity contribution in [3.63, 3.8) is 0 Å². The topological polar surface area (TPSA) is 104 Å². The Kier molecular flexibility index (Phi) is 7.31. The molecular formula is C33H32N6O2. The number of nitrogens with zero attached hydrogens (tertiary/aromatic N) is 4. The van der Waals surface area contributed by atoms with Crippen LogP contribution in [0.1, 0.15) is 48.0 Å². The van der Waals surface area contributed by atoms with Crippen molar-refractivity contribution in [3.8, 4) is 17.2 Å². The van der Waals surface area contributed by atoms with Crippen LogP contribution in [0.3, 0.4) is 0 Å². The molecule has 2 aromatic carbocycles. The number of ketones is 1. The number of amides is 1. The van der Waals surface area contributed by atoms with E-state index in [9.17, 15) is 14.9 Å². The van der Waals surface area contributed by atoms with Crippen LogP contribution in [0.5, 0.6) is 0 Å². The summed E-state index contributed by atoms with van der Waals surface area (Å²) in [4.78, 5) is 26.0. The zero-order valence-electron chi connectivity index (χ0n) is 23.8. The summed E-state index contributed by atoms with van der Waals surface area (Å²) in [6.45, 7) is 8.75. The van der Waals surface area contributed by atoms with Gasteiger partial charge in [-0.05, 0) is 87.4 Å². The molecule has 0 bridgehead atoms. The maximum atomic E-state index is 13.6. The molecule has 0 radical (unpaired) electrons. The molecule has 0 atom stereocenters. The van der Waals surface area contributed by atoms with Gasteiger partial charge in [-0.3, -0.25) is 14.3 Å². The number of aryl methyl sites for hydroxylation is 2. The molecule has 3 heterocycles. The quantitative estimate of drug-likeness (QED) is 0.199. The van der Waals surface area contributed by atoms with E-state index >= 15 is 0 Å². The number of aromatic nitrogens is 3. The third kappa shape index (κ3) is 5.67. The van der Waals surface area contributed by atoms with Crippen molar-refractivity contribution >= 4 is 33.8 Å². The van der Waals surface area contributed by atoms with Crippen LogP contribution < -0.4 is 10.6 Å². The summed E-state index contributed by atoms with van der Waals surface area (Å²) in [6.07, 6.45) is 6.87. The second kappa shape index (κ2) is 10.9. The highest BCUT2D eigenvalue weighted by atomic mass is 16.1. The number of carbonyl (C=O) groups is 2. The fraction of sp³-hybridized carbons (Fsp3) is 0.212. The van der Waals surface area contributed by atoms with E-state index in [0.717, 1.165) is 33.1 Å². The number of fused-ring (bicyclic) bond motifs is 2. The zero-order chi connectivity index (χ0) is 29.3. The van der Waals surface area contributed by atoms with Gasteiger partial charge < -0.3 is 15.0 Å². The first-order valence-corrected chi connectivity index (χ1v) is 13.4. The maximum absolute atomic E-state index is 13.6. The Morgan fingerprint density at radius 2 is 1.85 bits per heavy atom. The van der Waals surface area contributed by atoms with E-state index in [0.29, 0.717) is 23.5 Å². The lowest BCUT2D eigenvalue weighted by molar-refractivity contribution is -0.111. The van der Waals surface area contributed by atoms with Crippen molar-refractivity contribution in [1.29, 1.82) is 5.26 Å². The van der Waals surface area contributed by atoms with Crippen LogP contribution in [0.2, 0.25) is 0 Å². The molecule has 8 nitrogen and oxygen atoms in total. The molecule has 0 aliphatic rings. The predicted molar refractivity (Wildman–Crippen MR) is 162 cm³/mol. The van der Waals surface area contributed by atoms with Gasteiger partial charge in [-0.15, -0.1) is 0 Å². The molecule has 0 spiro atoms. The van der Waals surface area contributed by atoms with Crippen molar-refractivity contribution in [1.82, 2.24) is 19.5 Å². The Morgan fingerprint density at radius 3 is 2.61 bits per heavy atom. The van der Waals surface area contributed by atoms with Gasteiger partial charge in [-0.2, -0.15) is 10.4 Å². The third-order valence-corrected chi connectivity index (χ3v) is 6.99. The molecule has 0 aliphatic carbocycles. The molecule has 5 aromatic rings. The molecule has 0 fully saturated rings. The minimum Gasteiger partial charge on any atom is -0.321 e. The average Bonchev–Trinajstić information content (AvgIpc) is 3.53. The Labute approximate surface area is 238 Å². The van der Waals surface area contributed by atoms with Crippen molar-refractivity contribution in [3.05, 3.63) is 102 Å². The number of hydrogen-bond acceptors (Lipinski definition) is 5. The van der Waals surface area contributed by atoms with Crippen LogP contribution in [0.4, 0.5) is 5.69 Å². The summed E-state index contributed by atoms with van der Waals surface area (Å²) in [5, 5.41) is 21.2. The smallest absolute Gasteiger partial charge is 0.248 e. The molecule has 0 unspecified atom stereocenters. The van der Waals surface area contributed by atoms with Gasteiger partial charge in [0, 0.05) is 47.9 Å². The van der Waals surface area contributed by atoms with Crippen LogP contribution >= 0.6 is 0 Å². The summed E-state index contributed by atoms with van der Waals surface area (Å²) in [6, 6.07) is 18.8. The van der Waals surface area contributed by atoms with E-state index < -0.39 is 0 Å². The van der Waals surface area contributed by atoms with Crippen LogP contribution in [-0.4, -0.2) is 38.0 Å². The number of hydrogen-bond donors (Lipinski definition) is 2. The molecular weight excluding hydrogens is 512 g/mol. The lowest BCUT2D eigenvalue weighted by Gasteiger charge is -2.18. The van der Waals surface area contributed by atoms with Gasteiger partial charge in [0.05, 0.1) is 34.2 Å². The lowest BCUT2D eigenvalue weighted by atomic mass is 9.98. The molecule has 41 heavy (non-hydrogen) atoms. The van der Waals surface area contributed by atoms with Crippen molar-refractivity contribution in [2.45, 2.75) is 33.2 Å². The number of nitriles is 1. The predicted octanol–water partition coefficient (Wildman–Crippen LogP) is 5.79. The minimum atomic E-state index is -0.346. The fourth-order valence-corrected chi connectivity index (χ4v) is 4.89. The van der Waals surface area contributed by atoms with E-state index in [1.54, 1.807) is 24.3 Å². The van der Waals surface area contributed by atoms with Gasteiger partial charge in [-0.25, -0.2) is 0 Å². The van der Waals surface area contributed by atoms with Crippen LogP contribution in [-0.2, 0) is 11.8 Å². The Hall–Kier alpha value is -5.00. The number of nitrogens with one attached hydrogen (secondary N) is 2. The van der Waals surface area contributed by atoms with Crippen molar-refractivity contribution in [2.75, 3.05) is 11.9 Å². The standard InChI is InChI=1S/C33H32N6O2/c1-21-16-30-24(20-36-38(30)5)18-26(21)25-8-7-15-39-28(25)12-13-29(39)32(41)22-10-11-27(23(17-22)19-34)37-31(40)9-6-14-35-33(2,3)4/h6-13,15-18,20,35H,14H2,1-5H3,(H,37,40)/b9-6+. The second-order valence-corrected chi connectivity index (χ2v) is 11.1. The number of rotatable bonds is 7. The molecule has 0 saturated carbocycles. The summed E-state index contributed by atoms with van der Waals surface area (Å²) < 4.78 is 3.73. The maximum Gasteiger partial charge on any atom is 0.248 e. The van der Waals surface area contributed by atoms with Gasteiger partial charge in [0.2, 0.25) is 11.7 Å². The molecule has 3 aromatic heterocycles. The molecule has 5 rings (SSSR count). The monoisotopic (exact) mass is 544 g/mol. The molecule has 0 aliphatic heterocycles. The summed E-state index contributed by atoms with van der Waals surface area (Å²) in [5.74, 6) is -0.565. The minimum absolute atomic E-state index is 0.0584. The van der Waals surface area contributed by atoms with E-state index in [1.807, 2.05) is 67.5 Å². The average molecular weight is 545 g/mol. The van der Waals surface area contributed by atoms with Crippen LogP contribution in [0, 0.1) is 18.3 Å². The zero-order valence-corrected chi connectivity index (χ0v) is 23.8. The highest BCUT2D eigenvalue weighted by Gasteiger charge is 2.18. The fourth-order valence-electron chi connectivity index (χ4n) is 4.89. The third-order valence-electron chi connectivity index (χ3n) is 6.99. The van der Waals surface area contributed by atoms with Gasteiger partial charge >= 0.3 is 0 Å². The summed E-state index contributed by atoms with van der Waals surface area (Å²) in [7, 11) is 1.93. The number of carbonyl (C=O) groups excluding carboxylic acids is 2. The first kappa shape index (κ1) is 27.6. The van der Waals surface area contributed by atoms with Gasteiger partial charge in [0.25, 0.3) is 0 Å². The normalized spacial score (nSPS) is 11.8. The molecule has 2 N–H and O–H groups in total. The molecule has 0 saturated heterocycles. The van der Waals surface area contributed by atoms with Crippen LogP contribution in [0.25, 0.3) is 27.5 Å². The van der Waals surface area contributed by atoms with E-state index in [1.165, 1.54) is 12.1 Å². The lowest BCUT2D eigenvalue weighted by Crippen LogP contribution is -2.35. The highest BCUT2D eigenvalue weighted by Crippen LogP contribution is 2.32. The first-order valence-electron chi connectivity index (χ1n) is 13.4. The number of benzene rings is 2. The van der Waals surface area contributed by atoms with Gasteiger partial charge in [0.15, 0.2) is 0 Å². The molecule has 8 heteroatoms. The Bertz CT molecular complexity index is 1880. The van der Waals surface area contributed by atoms with Crippen molar-refractivity contribution < 1.29 is 9.59 Å². The van der Waals surface area contributed by atoms with Gasteiger partial charge in [0.1, 0.15) is 6.07 Å². The Balaban J connectivity index is 1.41. The SMILES string of the molecule is Cc1cc2c(cnn2C)cc1-c1cccn2c(C(=O)c3ccc(NC(=O)/C=C/CNC(C)(C)C)c(C#N)c3)ccc12. The number of anilines is 1. The first-order chi connectivity index (χ1) is 19.6.